The fourth-order valence-electron chi connectivity index (χ4n) is 1.80. The van der Waals surface area contributed by atoms with Crippen molar-refractivity contribution in [2.75, 3.05) is 19.8 Å². The molecule has 1 aromatic rings. The van der Waals surface area contributed by atoms with Gasteiger partial charge in [0.15, 0.2) is 0 Å². The molecule has 0 saturated heterocycles. The van der Waals surface area contributed by atoms with Gasteiger partial charge < -0.3 is 10.1 Å². The maximum Gasteiger partial charge on any atom is 0.416 e. The van der Waals surface area contributed by atoms with Gasteiger partial charge in [-0.05, 0) is 30.7 Å². The SMILES string of the molecule is CCCNC(COCC(F)F)c1cccc(C(F)(F)F)c1. The van der Waals surface area contributed by atoms with Crippen molar-refractivity contribution in [1.82, 2.24) is 5.32 Å². The predicted octanol–water partition coefficient (Wildman–Crippen LogP) is 4.03. The van der Waals surface area contributed by atoms with E-state index in [4.69, 9.17) is 4.74 Å². The first-order valence-electron chi connectivity index (χ1n) is 6.61. The molecule has 1 N–H and O–H groups in total. The molecule has 21 heavy (non-hydrogen) atoms. The number of nitrogens with one attached hydrogen (secondary N) is 1. The molecule has 0 bridgehead atoms. The molecule has 0 heterocycles. The van der Waals surface area contributed by atoms with Crippen molar-refractivity contribution < 1.29 is 26.7 Å². The Kier molecular flexibility index (Phi) is 7.04. The zero-order valence-electron chi connectivity index (χ0n) is 11.6. The molecule has 1 aromatic carbocycles. The summed E-state index contributed by atoms with van der Waals surface area (Å²) in [5, 5.41) is 3.00. The van der Waals surface area contributed by atoms with Crippen LogP contribution in [0.4, 0.5) is 22.0 Å². The van der Waals surface area contributed by atoms with Crippen LogP contribution in [-0.4, -0.2) is 26.2 Å². The maximum atomic E-state index is 12.7. The van der Waals surface area contributed by atoms with Gasteiger partial charge in [0.05, 0.1) is 18.2 Å². The Morgan fingerprint density at radius 2 is 1.90 bits per heavy atom. The van der Waals surface area contributed by atoms with Crippen molar-refractivity contribution >= 4 is 0 Å². The number of halogens is 5. The van der Waals surface area contributed by atoms with E-state index in [9.17, 15) is 22.0 Å². The molecule has 0 aliphatic rings. The molecule has 120 valence electrons. The lowest BCUT2D eigenvalue weighted by molar-refractivity contribution is -0.137. The van der Waals surface area contributed by atoms with E-state index in [1.165, 1.54) is 12.1 Å². The summed E-state index contributed by atoms with van der Waals surface area (Å²) >= 11 is 0. The van der Waals surface area contributed by atoms with Gasteiger partial charge in [0.1, 0.15) is 6.61 Å². The predicted molar refractivity (Wildman–Crippen MR) is 69.3 cm³/mol. The number of ether oxygens (including phenoxy) is 1. The van der Waals surface area contributed by atoms with E-state index >= 15 is 0 Å². The first-order chi connectivity index (χ1) is 9.84. The molecule has 0 amide bonds. The lowest BCUT2D eigenvalue weighted by Crippen LogP contribution is -2.27. The maximum absolute atomic E-state index is 12.7. The van der Waals surface area contributed by atoms with Crippen molar-refractivity contribution in [3.63, 3.8) is 0 Å². The minimum atomic E-state index is -4.44. The molecule has 1 unspecified atom stereocenters. The van der Waals surface area contributed by atoms with Crippen LogP contribution in [0.3, 0.4) is 0 Å². The fraction of sp³-hybridized carbons (Fsp3) is 0.571. The van der Waals surface area contributed by atoms with Crippen molar-refractivity contribution in [2.24, 2.45) is 0 Å². The number of alkyl halides is 5. The van der Waals surface area contributed by atoms with Crippen LogP contribution in [0, 0.1) is 0 Å². The number of benzene rings is 1. The van der Waals surface area contributed by atoms with Crippen molar-refractivity contribution in [3.05, 3.63) is 35.4 Å². The highest BCUT2D eigenvalue weighted by Crippen LogP contribution is 2.30. The highest BCUT2D eigenvalue weighted by Gasteiger charge is 2.31. The highest BCUT2D eigenvalue weighted by molar-refractivity contribution is 5.28. The van der Waals surface area contributed by atoms with Gasteiger partial charge in [0.25, 0.3) is 6.43 Å². The Morgan fingerprint density at radius 3 is 2.48 bits per heavy atom. The third-order valence-corrected chi connectivity index (χ3v) is 2.79. The topological polar surface area (TPSA) is 21.3 Å². The summed E-state index contributed by atoms with van der Waals surface area (Å²) in [5.41, 5.74) is -0.398. The van der Waals surface area contributed by atoms with Crippen LogP contribution in [0.2, 0.25) is 0 Å². The Balaban J connectivity index is 2.81. The molecular weight excluding hydrogens is 293 g/mol. The minimum absolute atomic E-state index is 0.106. The summed E-state index contributed by atoms with van der Waals surface area (Å²) in [6, 6.07) is 4.26. The van der Waals surface area contributed by atoms with E-state index in [2.05, 4.69) is 5.32 Å². The quantitative estimate of drug-likeness (QED) is 0.732. The van der Waals surface area contributed by atoms with Gasteiger partial charge >= 0.3 is 6.18 Å². The molecule has 0 spiro atoms. The van der Waals surface area contributed by atoms with Crippen LogP contribution in [0.5, 0.6) is 0 Å². The van der Waals surface area contributed by atoms with Crippen LogP contribution < -0.4 is 5.32 Å². The van der Waals surface area contributed by atoms with Crippen molar-refractivity contribution in [1.29, 1.82) is 0 Å². The first-order valence-corrected chi connectivity index (χ1v) is 6.61. The van der Waals surface area contributed by atoms with Crippen LogP contribution in [0.25, 0.3) is 0 Å². The minimum Gasteiger partial charge on any atom is -0.374 e. The summed E-state index contributed by atoms with van der Waals surface area (Å²) in [6.45, 7) is 1.62. The summed E-state index contributed by atoms with van der Waals surface area (Å²) in [4.78, 5) is 0. The van der Waals surface area contributed by atoms with E-state index in [1.54, 1.807) is 0 Å². The van der Waals surface area contributed by atoms with E-state index in [-0.39, 0.29) is 6.61 Å². The second-order valence-corrected chi connectivity index (χ2v) is 4.56. The number of rotatable bonds is 8. The monoisotopic (exact) mass is 311 g/mol. The summed E-state index contributed by atoms with van der Waals surface area (Å²) < 4.78 is 67.0. The lowest BCUT2D eigenvalue weighted by Gasteiger charge is -2.20. The Hall–Kier alpha value is -1.21. The van der Waals surface area contributed by atoms with Gasteiger partial charge in [-0.3, -0.25) is 0 Å². The van der Waals surface area contributed by atoms with Crippen LogP contribution in [0.15, 0.2) is 24.3 Å². The van der Waals surface area contributed by atoms with E-state index in [0.29, 0.717) is 12.1 Å². The Labute approximate surface area is 120 Å². The number of hydrogen-bond acceptors (Lipinski definition) is 2. The van der Waals surface area contributed by atoms with Crippen molar-refractivity contribution in [3.8, 4) is 0 Å². The third kappa shape index (κ3) is 6.39. The standard InChI is InChI=1S/C14H18F5NO/c1-2-6-20-12(8-21-9-13(15)16)10-4-3-5-11(7-10)14(17,18)19/h3-5,7,12-13,20H,2,6,8-9H2,1H3. The zero-order valence-corrected chi connectivity index (χ0v) is 11.6. The van der Waals surface area contributed by atoms with Gasteiger partial charge in [-0.2, -0.15) is 13.2 Å². The molecule has 0 aliphatic heterocycles. The molecule has 7 heteroatoms. The normalized spacial score (nSPS) is 13.7. The second kappa shape index (κ2) is 8.29. The molecule has 2 nitrogen and oxygen atoms in total. The zero-order chi connectivity index (χ0) is 15.9. The third-order valence-electron chi connectivity index (χ3n) is 2.79. The average molecular weight is 311 g/mol. The summed E-state index contributed by atoms with van der Waals surface area (Å²) in [5.74, 6) is 0. The van der Waals surface area contributed by atoms with Crippen LogP contribution >= 0.6 is 0 Å². The van der Waals surface area contributed by atoms with Crippen LogP contribution in [-0.2, 0) is 10.9 Å². The van der Waals surface area contributed by atoms with E-state index < -0.39 is 30.8 Å². The summed E-state index contributed by atoms with van der Waals surface area (Å²) in [6.07, 6.45) is -6.27. The average Bonchev–Trinajstić information content (AvgIpc) is 2.41. The highest BCUT2D eigenvalue weighted by atomic mass is 19.4. The Bertz CT molecular complexity index is 422. The molecule has 0 saturated carbocycles. The summed E-state index contributed by atoms with van der Waals surface area (Å²) in [7, 11) is 0. The lowest BCUT2D eigenvalue weighted by atomic mass is 10.0. The smallest absolute Gasteiger partial charge is 0.374 e. The van der Waals surface area contributed by atoms with Crippen LogP contribution in [0.1, 0.15) is 30.5 Å². The van der Waals surface area contributed by atoms with Gasteiger partial charge in [-0.25, -0.2) is 8.78 Å². The molecule has 0 radical (unpaired) electrons. The first kappa shape index (κ1) is 17.8. The number of hydrogen-bond donors (Lipinski definition) is 1. The van der Waals surface area contributed by atoms with Gasteiger partial charge in [-0.15, -0.1) is 0 Å². The van der Waals surface area contributed by atoms with Gasteiger partial charge in [0, 0.05) is 0 Å². The second-order valence-electron chi connectivity index (χ2n) is 4.56. The molecular formula is C14H18F5NO. The van der Waals surface area contributed by atoms with Crippen molar-refractivity contribution in [2.45, 2.75) is 32.0 Å². The largest absolute Gasteiger partial charge is 0.416 e. The van der Waals surface area contributed by atoms with E-state index in [1.807, 2.05) is 6.92 Å². The molecule has 0 aromatic heterocycles. The molecule has 1 atom stereocenters. The van der Waals surface area contributed by atoms with Gasteiger partial charge in [-0.1, -0.05) is 19.1 Å². The molecule has 0 fully saturated rings. The Morgan fingerprint density at radius 1 is 1.19 bits per heavy atom. The molecule has 1 rings (SSSR count). The fourth-order valence-corrected chi connectivity index (χ4v) is 1.80. The molecule has 0 aliphatic carbocycles. The van der Waals surface area contributed by atoms with Gasteiger partial charge in [0.2, 0.25) is 0 Å². The van der Waals surface area contributed by atoms with E-state index in [0.717, 1.165) is 18.6 Å².